The van der Waals surface area contributed by atoms with Crippen LogP contribution in [0.4, 0.5) is 0 Å². The van der Waals surface area contributed by atoms with Gasteiger partial charge in [-0.15, -0.1) is 0 Å². The summed E-state index contributed by atoms with van der Waals surface area (Å²) in [5.41, 5.74) is 0. The van der Waals surface area contributed by atoms with Gasteiger partial charge in [0.25, 0.3) is 10.1 Å². The maximum atomic E-state index is 12.8. The molecular weight excluding hydrogens is 753 g/mol. The van der Waals surface area contributed by atoms with Crippen molar-refractivity contribution in [2.45, 2.75) is 237 Å². The second-order valence-corrected chi connectivity index (χ2v) is 17.6. The molecule has 0 aromatic heterocycles. The Labute approximate surface area is 346 Å². The number of carbonyl (C=O) groups is 2. The number of aliphatic hydroxyl groups is 3. The average Bonchev–Trinajstić information content (AvgIpc) is 3.17. The van der Waals surface area contributed by atoms with Crippen LogP contribution in [0.5, 0.6) is 0 Å². The smallest absolute Gasteiger partial charge is 0.306 e. The molecular formula is C44H82O12S. The van der Waals surface area contributed by atoms with Crippen LogP contribution in [0.2, 0.25) is 0 Å². The first-order valence-electron chi connectivity index (χ1n) is 22.7. The Hall–Kier alpha value is -1.61. The summed E-state index contributed by atoms with van der Waals surface area (Å²) in [5, 5.41) is 30.8. The third-order valence-corrected chi connectivity index (χ3v) is 11.3. The molecule has 13 heteroatoms. The number of unbranched alkanes of at least 4 members (excludes halogenated alkanes) is 24. The van der Waals surface area contributed by atoms with Crippen molar-refractivity contribution in [2.75, 3.05) is 19.0 Å². The molecule has 0 aromatic carbocycles. The third-order valence-electron chi connectivity index (χ3n) is 10.6. The molecule has 0 bridgehead atoms. The molecule has 0 aliphatic carbocycles. The second-order valence-electron chi connectivity index (χ2n) is 16.1. The molecule has 1 rings (SSSR count). The summed E-state index contributed by atoms with van der Waals surface area (Å²) in [6, 6.07) is 0. The number of ether oxygens (including phenoxy) is 4. The van der Waals surface area contributed by atoms with Gasteiger partial charge < -0.3 is 34.3 Å². The lowest BCUT2D eigenvalue weighted by molar-refractivity contribution is -0.297. The van der Waals surface area contributed by atoms with Gasteiger partial charge in [0.05, 0.1) is 6.61 Å². The highest BCUT2D eigenvalue weighted by atomic mass is 32.2. The molecule has 1 aliphatic heterocycles. The van der Waals surface area contributed by atoms with E-state index in [1.165, 1.54) is 103 Å². The normalized spacial score (nSPS) is 20.6. The number of allylic oxidation sites excluding steroid dienone is 2. The molecule has 12 nitrogen and oxygen atoms in total. The summed E-state index contributed by atoms with van der Waals surface area (Å²) in [4.78, 5) is 25.3. The number of aliphatic hydroxyl groups excluding tert-OH is 3. The van der Waals surface area contributed by atoms with E-state index in [9.17, 15) is 37.9 Å². The second kappa shape index (κ2) is 35.2. The van der Waals surface area contributed by atoms with Crippen LogP contribution < -0.4 is 0 Å². The quantitative estimate of drug-likeness (QED) is 0.0200. The first-order chi connectivity index (χ1) is 27.5. The van der Waals surface area contributed by atoms with Gasteiger partial charge in [0.1, 0.15) is 36.8 Å². The van der Waals surface area contributed by atoms with Crippen molar-refractivity contribution >= 4 is 22.1 Å². The van der Waals surface area contributed by atoms with Crippen LogP contribution >= 0.6 is 0 Å². The van der Waals surface area contributed by atoms with Crippen LogP contribution in [0, 0.1) is 0 Å². The zero-order valence-electron chi connectivity index (χ0n) is 35.7. The van der Waals surface area contributed by atoms with Crippen LogP contribution in [0.3, 0.4) is 0 Å². The summed E-state index contributed by atoms with van der Waals surface area (Å²) in [6.07, 6.45) is 27.0. The molecule has 1 aliphatic rings. The fourth-order valence-corrected chi connectivity index (χ4v) is 7.70. The Morgan fingerprint density at radius 3 is 1.51 bits per heavy atom. The van der Waals surface area contributed by atoms with E-state index in [1.807, 2.05) is 0 Å². The van der Waals surface area contributed by atoms with Gasteiger partial charge in [0.2, 0.25) is 0 Å². The van der Waals surface area contributed by atoms with Crippen molar-refractivity contribution in [1.82, 2.24) is 0 Å². The minimum atomic E-state index is -4.60. The molecule has 0 saturated carbocycles. The number of rotatable bonds is 38. The standard InChI is InChI=1S/C44H82O12S/c1-3-5-7-9-11-13-15-16-17-18-19-20-21-23-24-26-28-30-32-39(45)53-34-37(55-40(46)33-31-29-27-25-22-14-12-10-8-6-4-2)35-54-44-43(49)42(48)41(47)38(56-44)36-57(50,51)52/h10,12,37-38,41-44,47-49H,3-9,11,13-36H2,1-2H3,(H,50,51,52)/b12-10-. The number of carbonyl (C=O) groups excluding carboxylic acids is 2. The SMILES string of the molecule is CCCC/C=C\CCCCCCCC(=O)OC(COC(=O)CCCCCCCCCCCCCCCCCCCC)COC1OC(CS(=O)(=O)O)C(O)C(O)C1O. The van der Waals surface area contributed by atoms with Gasteiger partial charge in [-0.05, 0) is 32.1 Å². The Bertz CT molecular complexity index is 1120. The fraction of sp³-hybridized carbons (Fsp3) is 0.909. The number of hydrogen-bond donors (Lipinski definition) is 4. The maximum absolute atomic E-state index is 12.8. The van der Waals surface area contributed by atoms with Crippen molar-refractivity contribution in [3.8, 4) is 0 Å². The molecule has 1 fully saturated rings. The Morgan fingerprint density at radius 1 is 0.579 bits per heavy atom. The largest absolute Gasteiger partial charge is 0.462 e. The molecule has 0 spiro atoms. The third kappa shape index (κ3) is 30.1. The molecule has 4 N–H and O–H groups in total. The summed E-state index contributed by atoms with van der Waals surface area (Å²) in [7, 11) is -4.60. The van der Waals surface area contributed by atoms with Crippen molar-refractivity contribution in [2.24, 2.45) is 0 Å². The summed E-state index contributed by atoms with van der Waals surface area (Å²) in [6.45, 7) is 3.72. The lowest BCUT2D eigenvalue weighted by Crippen LogP contribution is -2.60. The number of esters is 2. The molecule has 1 heterocycles. The van der Waals surface area contributed by atoms with Gasteiger partial charge in [-0.3, -0.25) is 14.1 Å². The van der Waals surface area contributed by atoms with Crippen LogP contribution in [0.15, 0.2) is 12.2 Å². The lowest BCUT2D eigenvalue weighted by Gasteiger charge is -2.40. The first kappa shape index (κ1) is 53.4. The van der Waals surface area contributed by atoms with Gasteiger partial charge in [-0.2, -0.15) is 8.42 Å². The Kier molecular flexibility index (Phi) is 33.0. The molecule has 0 radical (unpaired) electrons. The lowest BCUT2D eigenvalue weighted by atomic mass is 10.00. The van der Waals surface area contributed by atoms with Crippen LogP contribution in [-0.4, -0.2) is 96.0 Å². The van der Waals surface area contributed by atoms with E-state index in [0.29, 0.717) is 12.8 Å². The van der Waals surface area contributed by atoms with Gasteiger partial charge in [0, 0.05) is 12.8 Å². The van der Waals surface area contributed by atoms with E-state index < -0.39 is 71.2 Å². The highest BCUT2D eigenvalue weighted by Gasteiger charge is 2.46. The Morgan fingerprint density at radius 2 is 1.02 bits per heavy atom. The van der Waals surface area contributed by atoms with Gasteiger partial charge in [0.15, 0.2) is 12.4 Å². The molecule has 57 heavy (non-hydrogen) atoms. The van der Waals surface area contributed by atoms with Gasteiger partial charge in [-0.1, -0.05) is 167 Å². The highest BCUT2D eigenvalue weighted by molar-refractivity contribution is 7.85. The first-order valence-corrected chi connectivity index (χ1v) is 24.4. The van der Waals surface area contributed by atoms with E-state index in [4.69, 9.17) is 18.9 Å². The van der Waals surface area contributed by atoms with Crippen molar-refractivity contribution < 1.29 is 56.8 Å². The van der Waals surface area contributed by atoms with E-state index in [0.717, 1.165) is 57.8 Å². The molecule has 6 unspecified atom stereocenters. The van der Waals surface area contributed by atoms with Crippen molar-refractivity contribution in [1.29, 1.82) is 0 Å². The summed E-state index contributed by atoms with van der Waals surface area (Å²) >= 11 is 0. The van der Waals surface area contributed by atoms with E-state index in [-0.39, 0.29) is 19.4 Å². The predicted octanol–water partition coefficient (Wildman–Crippen LogP) is 9.06. The molecule has 336 valence electrons. The Balaban J connectivity index is 2.40. The average molecular weight is 835 g/mol. The molecule has 1 saturated heterocycles. The zero-order chi connectivity index (χ0) is 42.0. The van der Waals surface area contributed by atoms with Gasteiger partial charge >= 0.3 is 11.9 Å². The molecule has 0 aromatic rings. The predicted molar refractivity (Wildman–Crippen MR) is 224 cm³/mol. The summed E-state index contributed by atoms with van der Waals surface area (Å²) in [5.74, 6) is -1.98. The fourth-order valence-electron chi connectivity index (χ4n) is 7.01. The molecule has 0 amide bonds. The topological polar surface area (TPSA) is 186 Å². The zero-order valence-corrected chi connectivity index (χ0v) is 36.5. The highest BCUT2D eigenvalue weighted by Crippen LogP contribution is 2.24. The van der Waals surface area contributed by atoms with E-state index >= 15 is 0 Å². The maximum Gasteiger partial charge on any atom is 0.306 e. The van der Waals surface area contributed by atoms with Crippen molar-refractivity contribution in [3.05, 3.63) is 12.2 Å². The minimum Gasteiger partial charge on any atom is -0.462 e. The van der Waals surface area contributed by atoms with Gasteiger partial charge in [-0.25, -0.2) is 0 Å². The number of hydrogen-bond acceptors (Lipinski definition) is 11. The van der Waals surface area contributed by atoms with Crippen LogP contribution in [0.1, 0.15) is 200 Å². The monoisotopic (exact) mass is 835 g/mol. The minimum absolute atomic E-state index is 0.157. The molecule has 6 atom stereocenters. The van der Waals surface area contributed by atoms with Crippen molar-refractivity contribution in [3.63, 3.8) is 0 Å². The van der Waals surface area contributed by atoms with Crippen LogP contribution in [-0.2, 0) is 38.7 Å². The summed E-state index contributed by atoms with van der Waals surface area (Å²) < 4.78 is 54.0. The van der Waals surface area contributed by atoms with Crippen LogP contribution in [0.25, 0.3) is 0 Å². The van der Waals surface area contributed by atoms with E-state index in [2.05, 4.69) is 26.0 Å². The van der Waals surface area contributed by atoms with E-state index in [1.54, 1.807) is 0 Å².